The van der Waals surface area contributed by atoms with Gasteiger partial charge in [-0.1, -0.05) is 12.8 Å². The third kappa shape index (κ3) is 3.14. The Bertz CT molecular complexity index is 278. The number of piperidine rings is 1. The molecule has 110 valence electrons. The Kier molecular flexibility index (Phi) is 4.45. The predicted octanol–water partition coefficient (Wildman–Crippen LogP) is 2.27. The van der Waals surface area contributed by atoms with E-state index in [1.54, 1.807) is 0 Å². The first-order valence-electron chi connectivity index (χ1n) is 8.29. The van der Waals surface area contributed by atoms with Crippen LogP contribution in [0.2, 0.25) is 0 Å². The van der Waals surface area contributed by atoms with Crippen molar-refractivity contribution in [2.75, 3.05) is 39.9 Å². The maximum Gasteiger partial charge on any atom is 0.0521 e. The highest BCUT2D eigenvalue weighted by molar-refractivity contribution is 4.91. The van der Waals surface area contributed by atoms with E-state index in [9.17, 15) is 0 Å². The number of nitrogens with zero attached hydrogens (tertiary/aromatic N) is 1. The molecule has 2 heterocycles. The van der Waals surface area contributed by atoms with Gasteiger partial charge in [0, 0.05) is 25.1 Å². The minimum atomic E-state index is 0.663. The molecule has 1 saturated carbocycles. The number of hydrogen-bond donors (Lipinski definition) is 1. The molecule has 2 unspecified atom stereocenters. The quantitative estimate of drug-likeness (QED) is 0.848. The highest BCUT2D eigenvalue weighted by Gasteiger charge is 2.37. The van der Waals surface area contributed by atoms with E-state index in [0.29, 0.717) is 12.0 Å². The van der Waals surface area contributed by atoms with Crippen molar-refractivity contribution in [2.45, 2.75) is 51.0 Å². The van der Waals surface area contributed by atoms with E-state index < -0.39 is 0 Å². The lowest BCUT2D eigenvalue weighted by Crippen LogP contribution is -2.49. The highest BCUT2D eigenvalue weighted by atomic mass is 16.5. The molecule has 1 aliphatic carbocycles. The number of nitrogens with one attached hydrogen (secondary N) is 1. The third-order valence-electron chi connectivity index (χ3n) is 5.92. The van der Waals surface area contributed by atoms with Gasteiger partial charge in [-0.2, -0.15) is 0 Å². The smallest absolute Gasteiger partial charge is 0.0521 e. The summed E-state index contributed by atoms with van der Waals surface area (Å²) in [6, 6.07) is 0.663. The number of hydrogen-bond acceptors (Lipinski definition) is 3. The molecule has 19 heavy (non-hydrogen) atoms. The molecule has 1 N–H and O–H groups in total. The average molecular weight is 266 g/mol. The summed E-state index contributed by atoms with van der Waals surface area (Å²) in [6.07, 6.45) is 10.1. The van der Waals surface area contributed by atoms with Crippen LogP contribution in [0.15, 0.2) is 0 Å². The van der Waals surface area contributed by atoms with Gasteiger partial charge in [-0.3, -0.25) is 0 Å². The molecule has 1 spiro atoms. The van der Waals surface area contributed by atoms with Crippen LogP contribution in [0.4, 0.5) is 0 Å². The fraction of sp³-hybridized carbons (Fsp3) is 1.00. The van der Waals surface area contributed by atoms with Crippen molar-refractivity contribution in [2.24, 2.45) is 11.3 Å². The van der Waals surface area contributed by atoms with Gasteiger partial charge in [0.2, 0.25) is 0 Å². The topological polar surface area (TPSA) is 24.5 Å². The first-order chi connectivity index (χ1) is 9.31. The zero-order valence-electron chi connectivity index (χ0n) is 12.5. The SMILES string of the molecule is CNC1CCOCC1CN1CCC2(CCCC2)CC1. The summed E-state index contributed by atoms with van der Waals surface area (Å²) in [7, 11) is 2.10. The second-order valence-electron chi connectivity index (χ2n) is 7.03. The molecule has 0 aromatic heterocycles. The molecule has 3 nitrogen and oxygen atoms in total. The summed E-state index contributed by atoms with van der Waals surface area (Å²) in [5.74, 6) is 0.691. The molecule has 0 aromatic carbocycles. The van der Waals surface area contributed by atoms with Crippen molar-refractivity contribution in [3.63, 3.8) is 0 Å². The number of ether oxygens (including phenoxy) is 1. The van der Waals surface area contributed by atoms with Crippen molar-refractivity contribution >= 4 is 0 Å². The van der Waals surface area contributed by atoms with Crippen molar-refractivity contribution in [3.8, 4) is 0 Å². The Hall–Kier alpha value is -0.120. The Morgan fingerprint density at radius 3 is 2.58 bits per heavy atom. The summed E-state index contributed by atoms with van der Waals surface area (Å²) >= 11 is 0. The third-order valence-corrected chi connectivity index (χ3v) is 5.92. The average Bonchev–Trinajstić information content (AvgIpc) is 2.91. The van der Waals surface area contributed by atoms with Gasteiger partial charge in [-0.05, 0) is 57.7 Å². The van der Waals surface area contributed by atoms with Crippen molar-refractivity contribution in [1.82, 2.24) is 10.2 Å². The lowest BCUT2D eigenvalue weighted by Gasteiger charge is -2.42. The molecule has 0 bridgehead atoms. The standard InChI is InChI=1S/C16H30N2O/c1-17-15-4-11-19-13-14(15)12-18-9-7-16(8-10-18)5-2-3-6-16/h14-15,17H,2-13H2,1H3. The molecular weight excluding hydrogens is 236 g/mol. The Labute approximate surface area is 118 Å². The molecule has 2 saturated heterocycles. The van der Waals surface area contributed by atoms with Crippen LogP contribution in [-0.2, 0) is 4.74 Å². The van der Waals surface area contributed by atoms with E-state index in [1.807, 2.05) is 0 Å². The minimum absolute atomic E-state index is 0.663. The van der Waals surface area contributed by atoms with E-state index in [0.717, 1.165) is 18.6 Å². The Morgan fingerprint density at radius 1 is 1.16 bits per heavy atom. The summed E-state index contributed by atoms with van der Waals surface area (Å²) in [5, 5.41) is 3.49. The fourth-order valence-electron chi connectivity index (χ4n) is 4.52. The Balaban J connectivity index is 1.48. The van der Waals surface area contributed by atoms with Crippen LogP contribution in [0.3, 0.4) is 0 Å². The highest BCUT2D eigenvalue weighted by Crippen LogP contribution is 2.46. The van der Waals surface area contributed by atoms with Gasteiger partial charge in [-0.15, -0.1) is 0 Å². The van der Waals surface area contributed by atoms with Gasteiger partial charge in [0.05, 0.1) is 6.61 Å². The van der Waals surface area contributed by atoms with Crippen molar-refractivity contribution < 1.29 is 4.74 Å². The monoisotopic (exact) mass is 266 g/mol. The molecule has 2 aliphatic heterocycles. The lowest BCUT2D eigenvalue weighted by molar-refractivity contribution is 0.00716. The summed E-state index contributed by atoms with van der Waals surface area (Å²) in [6.45, 7) is 5.78. The predicted molar refractivity (Wildman–Crippen MR) is 78.3 cm³/mol. The van der Waals surface area contributed by atoms with Crippen LogP contribution < -0.4 is 5.32 Å². The van der Waals surface area contributed by atoms with Crippen molar-refractivity contribution in [3.05, 3.63) is 0 Å². The summed E-state index contributed by atoms with van der Waals surface area (Å²) < 4.78 is 5.68. The normalized spacial score (nSPS) is 35.8. The summed E-state index contributed by atoms with van der Waals surface area (Å²) in [5.41, 5.74) is 0.752. The van der Waals surface area contributed by atoms with E-state index >= 15 is 0 Å². The molecule has 0 radical (unpaired) electrons. The summed E-state index contributed by atoms with van der Waals surface area (Å²) in [4.78, 5) is 2.70. The van der Waals surface area contributed by atoms with Gasteiger partial charge in [0.1, 0.15) is 0 Å². The minimum Gasteiger partial charge on any atom is -0.381 e. The maximum absolute atomic E-state index is 5.68. The number of likely N-dealkylation sites (tertiary alicyclic amines) is 1. The van der Waals surface area contributed by atoms with Crippen LogP contribution in [-0.4, -0.2) is 50.8 Å². The second kappa shape index (κ2) is 6.11. The van der Waals surface area contributed by atoms with Gasteiger partial charge in [0.25, 0.3) is 0 Å². The molecule has 2 atom stereocenters. The molecule has 3 heteroatoms. The van der Waals surface area contributed by atoms with E-state index in [2.05, 4.69) is 17.3 Å². The molecule has 3 fully saturated rings. The molecule has 3 rings (SSSR count). The number of rotatable bonds is 3. The largest absolute Gasteiger partial charge is 0.381 e. The molecule has 0 aromatic rings. The first-order valence-corrected chi connectivity index (χ1v) is 8.29. The van der Waals surface area contributed by atoms with E-state index in [-0.39, 0.29) is 0 Å². The zero-order chi connectivity index (χ0) is 13.1. The van der Waals surface area contributed by atoms with Crippen LogP contribution in [0, 0.1) is 11.3 Å². The van der Waals surface area contributed by atoms with E-state index in [1.165, 1.54) is 64.6 Å². The van der Waals surface area contributed by atoms with Gasteiger partial charge >= 0.3 is 0 Å². The van der Waals surface area contributed by atoms with Crippen LogP contribution in [0.1, 0.15) is 44.9 Å². The molecule has 0 amide bonds. The molecule has 3 aliphatic rings. The second-order valence-corrected chi connectivity index (χ2v) is 7.03. The van der Waals surface area contributed by atoms with Crippen LogP contribution in [0.25, 0.3) is 0 Å². The van der Waals surface area contributed by atoms with Crippen molar-refractivity contribution in [1.29, 1.82) is 0 Å². The molecular formula is C16H30N2O. The van der Waals surface area contributed by atoms with E-state index in [4.69, 9.17) is 4.74 Å². The zero-order valence-corrected chi connectivity index (χ0v) is 12.5. The van der Waals surface area contributed by atoms with Gasteiger partial charge in [0.15, 0.2) is 0 Å². The van der Waals surface area contributed by atoms with Crippen LogP contribution >= 0.6 is 0 Å². The Morgan fingerprint density at radius 2 is 1.89 bits per heavy atom. The van der Waals surface area contributed by atoms with Gasteiger partial charge in [-0.25, -0.2) is 0 Å². The lowest BCUT2D eigenvalue weighted by atomic mass is 9.77. The maximum atomic E-state index is 5.68. The first kappa shape index (κ1) is 13.8. The fourth-order valence-corrected chi connectivity index (χ4v) is 4.52. The van der Waals surface area contributed by atoms with Crippen LogP contribution in [0.5, 0.6) is 0 Å². The van der Waals surface area contributed by atoms with Gasteiger partial charge < -0.3 is 15.0 Å².